The topological polar surface area (TPSA) is 94.3 Å². The van der Waals surface area contributed by atoms with E-state index >= 15 is 0 Å². The van der Waals surface area contributed by atoms with Gasteiger partial charge in [-0.25, -0.2) is 4.79 Å². The number of hydrogen-bond acceptors (Lipinski definition) is 6. The molecule has 0 saturated heterocycles. The summed E-state index contributed by atoms with van der Waals surface area (Å²) in [5, 5.41) is 2.51. The van der Waals surface area contributed by atoms with Crippen LogP contribution in [0, 0.1) is 0 Å². The number of aromatic nitrogens is 1. The van der Waals surface area contributed by atoms with Crippen LogP contribution in [0.25, 0.3) is 11.3 Å². The number of nitrogens with two attached hydrogens (primary N) is 1. The summed E-state index contributed by atoms with van der Waals surface area (Å²) < 4.78 is 9.11. The summed E-state index contributed by atoms with van der Waals surface area (Å²) >= 11 is 0.951. The fourth-order valence-electron chi connectivity index (χ4n) is 1.68. The SMILES string of the molecule is C=CCNC(=O)COC(=O)c1snc(-c2ccccc2)c1N. The fraction of sp³-hybridized carbons (Fsp3) is 0.133. The van der Waals surface area contributed by atoms with Crippen molar-refractivity contribution in [2.75, 3.05) is 18.9 Å². The minimum Gasteiger partial charge on any atom is -0.451 e. The Morgan fingerprint density at radius 2 is 2.09 bits per heavy atom. The average Bonchev–Trinajstić information content (AvgIpc) is 2.93. The van der Waals surface area contributed by atoms with E-state index in [1.165, 1.54) is 6.08 Å². The van der Waals surface area contributed by atoms with Gasteiger partial charge in [-0.05, 0) is 11.5 Å². The Kier molecular flexibility index (Phi) is 5.26. The van der Waals surface area contributed by atoms with E-state index in [4.69, 9.17) is 10.5 Å². The van der Waals surface area contributed by atoms with E-state index in [1.807, 2.05) is 30.3 Å². The number of amides is 1. The van der Waals surface area contributed by atoms with Gasteiger partial charge >= 0.3 is 5.97 Å². The zero-order valence-corrected chi connectivity index (χ0v) is 12.6. The summed E-state index contributed by atoms with van der Waals surface area (Å²) in [4.78, 5) is 23.5. The summed E-state index contributed by atoms with van der Waals surface area (Å²) in [6.45, 7) is 3.42. The van der Waals surface area contributed by atoms with Crippen molar-refractivity contribution in [3.63, 3.8) is 0 Å². The van der Waals surface area contributed by atoms with E-state index in [1.54, 1.807) is 0 Å². The Hall–Kier alpha value is -2.67. The van der Waals surface area contributed by atoms with Gasteiger partial charge in [-0.3, -0.25) is 4.79 Å². The molecule has 114 valence electrons. The summed E-state index contributed by atoms with van der Waals surface area (Å²) in [6.07, 6.45) is 1.53. The van der Waals surface area contributed by atoms with Gasteiger partial charge in [0, 0.05) is 12.1 Å². The lowest BCUT2D eigenvalue weighted by atomic mass is 10.1. The molecular formula is C15H15N3O3S. The van der Waals surface area contributed by atoms with Gasteiger partial charge in [0.1, 0.15) is 5.69 Å². The minimum atomic E-state index is -0.661. The van der Waals surface area contributed by atoms with Gasteiger partial charge in [-0.15, -0.1) is 6.58 Å². The second-order valence-electron chi connectivity index (χ2n) is 4.31. The van der Waals surface area contributed by atoms with Gasteiger partial charge in [-0.2, -0.15) is 4.37 Å². The van der Waals surface area contributed by atoms with Crippen LogP contribution in [0.5, 0.6) is 0 Å². The largest absolute Gasteiger partial charge is 0.451 e. The van der Waals surface area contributed by atoms with Crippen molar-refractivity contribution in [1.29, 1.82) is 0 Å². The Morgan fingerprint density at radius 3 is 2.77 bits per heavy atom. The second kappa shape index (κ2) is 7.37. The molecule has 3 N–H and O–H groups in total. The fourth-order valence-corrected chi connectivity index (χ4v) is 2.40. The predicted octanol–water partition coefficient (Wildman–Crippen LogP) is 1.85. The number of hydrogen-bond donors (Lipinski definition) is 2. The number of anilines is 1. The first-order valence-corrected chi connectivity index (χ1v) is 7.26. The minimum absolute atomic E-state index is 0.190. The first kappa shape index (κ1) is 15.7. The maximum atomic E-state index is 12.0. The molecule has 0 aliphatic carbocycles. The lowest BCUT2D eigenvalue weighted by molar-refractivity contribution is -0.124. The predicted molar refractivity (Wildman–Crippen MR) is 85.5 cm³/mol. The maximum Gasteiger partial charge on any atom is 0.352 e. The molecule has 1 heterocycles. The molecule has 0 atom stereocenters. The molecule has 1 aromatic heterocycles. The standard InChI is InChI=1S/C15H15N3O3S/c1-2-8-17-11(19)9-21-15(20)14-12(16)13(18-22-14)10-6-4-3-5-7-10/h2-7H,1,8-9,16H2,(H,17,19). The third-order valence-electron chi connectivity index (χ3n) is 2.74. The Bertz CT molecular complexity index is 683. The number of rotatable bonds is 6. The number of ether oxygens (including phenoxy) is 1. The Labute approximate surface area is 131 Å². The van der Waals surface area contributed by atoms with Crippen LogP contribution in [0.1, 0.15) is 9.67 Å². The smallest absolute Gasteiger partial charge is 0.352 e. The van der Waals surface area contributed by atoms with Crippen LogP contribution >= 0.6 is 11.5 Å². The highest BCUT2D eigenvalue weighted by molar-refractivity contribution is 7.09. The zero-order chi connectivity index (χ0) is 15.9. The summed E-state index contributed by atoms with van der Waals surface area (Å²) in [5.74, 6) is -1.06. The number of benzene rings is 1. The van der Waals surface area contributed by atoms with Gasteiger partial charge in [0.15, 0.2) is 11.5 Å². The molecule has 0 saturated carbocycles. The molecule has 0 unspecified atom stereocenters. The van der Waals surface area contributed by atoms with Gasteiger partial charge in [-0.1, -0.05) is 36.4 Å². The van der Waals surface area contributed by atoms with Crippen molar-refractivity contribution in [1.82, 2.24) is 9.69 Å². The molecule has 2 aromatic rings. The molecule has 2 rings (SSSR count). The molecule has 0 spiro atoms. The summed E-state index contributed by atoms with van der Waals surface area (Å²) in [7, 11) is 0. The summed E-state index contributed by atoms with van der Waals surface area (Å²) in [5.41, 5.74) is 7.57. The number of nitrogen functional groups attached to an aromatic ring is 1. The third kappa shape index (κ3) is 3.70. The molecule has 0 bridgehead atoms. The molecular weight excluding hydrogens is 302 g/mol. The maximum absolute atomic E-state index is 12.0. The van der Waals surface area contributed by atoms with E-state index in [9.17, 15) is 9.59 Å². The van der Waals surface area contributed by atoms with Crippen LogP contribution in [0.2, 0.25) is 0 Å². The van der Waals surface area contributed by atoms with Crippen LogP contribution < -0.4 is 11.1 Å². The van der Waals surface area contributed by atoms with Gasteiger partial charge in [0.2, 0.25) is 0 Å². The number of nitrogens with one attached hydrogen (secondary N) is 1. The molecule has 0 radical (unpaired) electrons. The summed E-state index contributed by atoms with van der Waals surface area (Å²) in [6, 6.07) is 9.29. The van der Waals surface area contributed by atoms with E-state index in [2.05, 4.69) is 16.3 Å². The second-order valence-corrected chi connectivity index (χ2v) is 5.08. The molecule has 0 aliphatic rings. The average molecular weight is 317 g/mol. The van der Waals surface area contributed by atoms with Crippen LogP contribution in [0.15, 0.2) is 43.0 Å². The van der Waals surface area contributed by atoms with Crippen LogP contribution in [-0.4, -0.2) is 29.4 Å². The van der Waals surface area contributed by atoms with Gasteiger partial charge in [0.05, 0.1) is 5.69 Å². The first-order chi connectivity index (χ1) is 10.6. The number of carbonyl (C=O) groups excluding carboxylic acids is 2. The first-order valence-electron chi connectivity index (χ1n) is 6.48. The quantitative estimate of drug-likeness (QED) is 0.626. The molecule has 0 fully saturated rings. The van der Waals surface area contributed by atoms with E-state index in [0.29, 0.717) is 12.2 Å². The van der Waals surface area contributed by atoms with E-state index < -0.39 is 11.9 Å². The molecule has 0 aliphatic heterocycles. The highest BCUT2D eigenvalue weighted by Crippen LogP contribution is 2.30. The molecule has 7 heteroatoms. The lowest BCUT2D eigenvalue weighted by Gasteiger charge is -2.04. The normalized spacial score (nSPS) is 10.0. The van der Waals surface area contributed by atoms with Crippen LogP contribution in [0.4, 0.5) is 5.69 Å². The molecule has 1 amide bonds. The number of esters is 1. The monoisotopic (exact) mass is 317 g/mol. The molecule has 6 nitrogen and oxygen atoms in total. The molecule has 1 aromatic carbocycles. The van der Waals surface area contributed by atoms with E-state index in [0.717, 1.165) is 17.1 Å². The van der Waals surface area contributed by atoms with Crippen molar-refractivity contribution in [3.05, 3.63) is 47.9 Å². The van der Waals surface area contributed by atoms with Crippen molar-refractivity contribution >= 4 is 29.1 Å². The van der Waals surface area contributed by atoms with Crippen molar-refractivity contribution < 1.29 is 14.3 Å². The third-order valence-corrected chi connectivity index (χ3v) is 3.58. The van der Waals surface area contributed by atoms with Crippen molar-refractivity contribution in [2.45, 2.75) is 0 Å². The zero-order valence-electron chi connectivity index (χ0n) is 11.7. The molecule has 22 heavy (non-hydrogen) atoms. The highest BCUT2D eigenvalue weighted by atomic mass is 32.1. The number of nitrogens with zero attached hydrogens (tertiary/aromatic N) is 1. The highest BCUT2D eigenvalue weighted by Gasteiger charge is 2.20. The Morgan fingerprint density at radius 1 is 1.36 bits per heavy atom. The van der Waals surface area contributed by atoms with Crippen LogP contribution in [-0.2, 0) is 9.53 Å². The van der Waals surface area contributed by atoms with E-state index in [-0.39, 0.29) is 17.2 Å². The van der Waals surface area contributed by atoms with Gasteiger partial charge < -0.3 is 15.8 Å². The van der Waals surface area contributed by atoms with Crippen LogP contribution in [0.3, 0.4) is 0 Å². The van der Waals surface area contributed by atoms with Gasteiger partial charge in [0.25, 0.3) is 5.91 Å². The van der Waals surface area contributed by atoms with Crippen molar-refractivity contribution in [3.8, 4) is 11.3 Å². The lowest BCUT2D eigenvalue weighted by Crippen LogP contribution is -2.28. The van der Waals surface area contributed by atoms with Crippen molar-refractivity contribution in [2.24, 2.45) is 0 Å². The Balaban J connectivity index is 2.04. The number of carbonyl (C=O) groups is 2.